The Bertz CT molecular complexity index is 114. The first-order chi connectivity index (χ1) is 3.93. The molecule has 8 heavy (non-hydrogen) atoms. The summed E-state index contributed by atoms with van der Waals surface area (Å²) < 4.78 is 0. The van der Waals surface area contributed by atoms with Crippen molar-refractivity contribution >= 4 is 0 Å². The predicted octanol–water partition coefficient (Wildman–Crippen LogP) is 1.19. The molecule has 1 aliphatic rings. The molecule has 1 heterocycles. The highest BCUT2D eigenvalue weighted by atomic mass is 15.1. The lowest BCUT2D eigenvalue weighted by atomic mass is 10.3. The average Bonchev–Trinajstić information content (AvgIpc) is 1.90. The maximum Gasteiger partial charge on any atom is 0.0606 e. The molecule has 0 bridgehead atoms. The zero-order valence-corrected chi connectivity index (χ0v) is 5.09. The summed E-state index contributed by atoms with van der Waals surface area (Å²) in [6.07, 6.45) is 9.17. The number of likely N-dealkylation sites (N-methyl/N-ethyl adjacent to an activating group) is 1. The second-order valence-corrected chi connectivity index (χ2v) is 1.76. The Kier molecular flexibility index (Phi) is 1.73. The minimum absolute atomic E-state index is 1.02. The van der Waals surface area contributed by atoms with Crippen molar-refractivity contribution in [2.75, 3.05) is 13.1 Å². The van der Waals surface area contributed by atoms with Gasteiger partial charge >= 0.3 is 0 Å². The van der Waals surface area contributed by atoms with Gasteiger partial charge in [0.25, 0.3) is 0 Å². The molecule has 0 aliphatic carbocycles. The second kappa shape index (κ2) is 2.55. The normalized spacial score (nSPS) is 17.4. The summed E-state index contributed by atoms with van der Waals surface area (Å²) in [5.74, 6) is 0. The van der Waals surface area contributed by atoms with Gasteiger partial charge in [0, 0.05) is 13.1 Å². The Morgan fingerprint density at radius 2 is 2.62 bits per heavy atom. The van der Waals surface area contributed by atoms with Crippen LogP contribution in [-0.4, -0.2) is 18.0 Å². The summed E-state index contributed by atoms with van der Waals surface area (Å²) in [7, 11) is 0. The average molecular weight is 108 g/mol. The Morgan fingerprint density at radius 1 is 1.75 bits per heavy atom. The van der Waals surface area contributed by atoms with Gasteiger partial charge in [0.15, 0.2) is 0 Å². The molecular formula is C7H10N. The molecule has 0 N–H and O–H groups in total. The summed E-state index contributed by atoms with van der Waals surface area (Å²) in [6.45, 7) is 4.20. The molecule has 1 aliphatic heterocycles. The molecule has 0 spiro atoms. The summed E-state index contributed by atoms with van der Waals surface area (Å²) in [5.41, 5.74) is 0. The van der Waals surface area contributed by atoms with Crippen LogP contribution in [0.25, 0.3) is 0 Å². The van der Waals surface area contributed by atoms with Crippen molar-refractivity contribution in [3.05, 3.63) is 24.4 Å². The number of hydrogen-bond donors (Lipinski definition) is 0. The van der Waals surface area contributed by atoms with E-state index in [1.165, 1.54) is 0 Å². The molecule has 1 radical (unpaired) electrons. The monoisotopic (exact) mass is 108 g/mol. The minimum Gasteiger partial charge on any atom is -0.366 e. The van der Waals surface area contributed by atoms with Crippen LogP contribution in [0.1, 0.15) is 6.92 Å². The van der Waals surface area contributed by atoms with Crippen molar-refractivity contribution in [1.82, 2.24) is 4.90 Å². The SMILES string of the molecule is CCN1[C]=CC=CC1. The van der Waals surface area contributed by atoms with E-state index in [4.69, 9.17) is 0 Å². The molecule has 0 fully saturated rings. The quantitative estimate of drug-likeness (QED) is 0.487. The van der Waals surface area contributed by atoms with Gasteiger partial charge in [0.2, 0.25) is 0 Å². The maximum absolute atomic E-state index is 3.09. The molecule has 0 amide bonds. The van der Waals surface area contributed by atoms with Gasteiger partial charge in [-0.2, -0.15) is 0 Å². The predicted molar refractivity (Wildman–Crippen MR) is 34.2 cm³/mol. The fraction of sp³-hybridized carbons (Fsp3) is 0.429. The van der Waals surface area contributed by atoms with Crippen LogP contribution in [0.2, 0.25) is 0 Å². The van der Waals surface area contributed by atoms with Gasteiger partial charge < -0.3 is 4.90 Å². The zero-order valence-electron chi connectivity index (χ0n) is 5.09. The van der Waals surface area contributed by atoms with Crippen LogP contribution in [0, 0.1) is 6.20 Å². The molecule has 1 heteroatoms. The standard InChI is InChI=1S/C7H10N/c1-2-8-6-4-3-5-7-8/h3-5H,2,6H2,1H3. The third-order valence-electron chi connectivity index (χ3n) is 1.20. The largest absolute Gasteiger partial charge is 0.366 e. The number of nitrogens with zero attached hydrogens (tertiary/aromatic N) is 1. The summed E-state index contributed by atoms with van der Waals surface area (Å²) in [5, 5.41) is 0. The van der Waals surface area contributed by atoms with Crippen LogP contribution < -0.4 is 0 Å². The topological polar surface area (TPSA) is 3.24 Å². The van der Waals surface area contributed by atoms with Gasteiger partial charge in [0.1, 0.15) is 0 Å². The van der Waals surface area contributed by atoms with Crippen molar-refractivity contribution in [3.63, 3.8) is 0 Å². The highest BCUT2D eigenvalue weighted by Gasteiger charge is 1.92. The molecule has 1 rings (SSSR count). The molecule has 0 aromatic heterocycles. The summed E-state index contributed by atoms with van der Waals surface area (Å²) in [4.78, 5) is 2.12. The lowest BCUT2D eigenvalue weighted by Gasteiger charge is -2.15. The molecule has 0 atom stereocenters. The third kappa shape index (κ3) is 1.12. The fourth-order valence-electron chi connectivity index (χ4n) is 0.678. The first-order valence-corrected chi connectivity index (χ1v) is 2.93. The first-order valence-electron chi connectivity index (χ1n) is 2.93. The van der Waals surface area contributed by atoms with Crippen LogP contribution in [0.3, 0.4) is 0 Å². The molecule has 0 aromatic carbocycles. The molecule has 1 nitrogen and oxygen atoms in total. The highest BCUT2D eigenvalue weighted by Crippen LogP contribution is 1.94. The second-order valence-electron chi connectivity index (χ2n) is 1.76. The summed E-state index contributed by atoms with van der Waals surface area (Å²) >= 11 is 0. The van der Waals surface area contributed by atoms with Gasteiger partial charge in [-0.1, -0.05) is 12.2 Å². The van der Waals surface area contributed by atoms with Crippen LogP contribution in [0.5, 0.6) is 0 Å². The zero-order chi connectivity index (χ0) is 5.82. The van der Waals surface area contributed by atoms with E-state index in [1.54, 1.807) is 0 Å². The Labute approximate surface area is 50.3 Å². The Morgan fingerprint density at radius 3 is 3.00 bits per heavy atom. The van der Waals surface area contributed by atoms with Gasteiger partial charge in [0.05, 0.1) is 6.20 Å². The van der Waals surface area contributed by atoms with Crippen LogP contribution >= 0.6 is 0 Å². The van der Waals surface area contributed by atoms with Gasteiger partial charge in [-0.05, 0) is 13.0 Å². The van der Waals surface area contributed by atoms with Gasteiger partial charge in [-0.3, -0.25) is 0 Å². The van der Waals surface area contributed by atoms with Crippen molar-refractivity contribution in [2.45, 2.75) is 6.92 Å². The molecule has 43 valence electrons. The smallest absolute Gasteiger partial charge is 0.0606 e. The van der Waals surface area contributed by atoms with E-state index < -0.39 is 0 Å². The van der Waals surface area contributed by atoms with Crippen LogP contribution in [0.4, 0.5) is 0 Å². The molecule has 0 aromatic rings. The minimum atomic E-state index is 1.02. The van der Waals surface area contributed by atoms with E-state index in [2.05, 4.69) is 24.1 Å². The third-order valence-corrected chi connectivity index (χ3v) is 1.20. The number of rotatable bonds is 1. The molecular weight excluding hydrogens is 98.1 g/mol. The van der Waals surface area contributed by atoms with E-state index in [0.29, 0.717) is 0 Å². The van der Waals surface area contributed by atoms with Gasteiger partial charge in [-0.25, -0.2) is 0 Å². The Balaban J connectivity index is 2.40. The Hall–Kier alpha value is -0.720. The van der Waals surface area contributed by atoms with E-state index in [0.717, 1.165) is 13.1 Å². The van der Waals surface area contributed by atoms with E-state index in [1.807, 2.05) is 12.2 Å². The first kappa shape index (κ1) is 5.42. The van der Waals surface area contributed by atoms with Gasteiger partial charge in [-0.15, -0.1) is 0 Å². The molecule has 0 unspecified atom stereocenters. The lowest BCUT2D eigenvalue weighted by Crippen LogP contribution is -2.18. The van der Waals surface area contributed by atoms with Crippen molar-refractivity contribution in [2.24, 2.45) is 0 Å². The van der Waals surface area contributed by atoms with E-state index in [9.17, 15) is 0 Å². The van der Waals surface area contributed by atoms with Crippen molar-refractivity contribution in [1.29, 1.82) is 0 Å². The lowest BCUT2D eigenvalue weighted by molar-refractivity contribution is 0.416. The number of allylic oxidation sites excluding steroid dienone is 2. The molecule has 0 saturated carbocycles. The van der Waals surface area contributed by atoms with E-state index >= 15 is 0 Å². The van der Waals surface area contributed by atoms with Crippen molar-refractivity contribution in [3.8, 4) is 0 Å². The fourth-order valence-corrected chi connectivity index (χ4v) is 0.678. The number of hydrogen-bond acceptors (Lipinski definition) is 1. The van der Waals surface area contributed by atoms with Crippen molar-refractivity contribution < 1.29 is 0 Å². The summed E-state index contributed by atoms with van der Waals surface area (Å²) in [6, 6.07) is 0. The van der Waals surface area contributed by atoms with Crippen LogP contribution in [-0.2, 0) is 0 Å². The van der Waals surface area contributed by atoms with Crippen LogP contribution in [0.15, 0.2) is 18.2 Å². The molecule has 0 saturated heterocycles. The highest BCUT2D eigenvalue weighted by molar-refractivity contribution is 5.04. The maximum atomic E-state index is 3.09. The van der Waals surface area contributed by atoms with E-state index in [-0.39, 0.29) is 0 Å².